The molecule has 0 saturated heterocycles. The summed E-state index contributed by atoms with van der Waals surface area (Å²) in [5, 5.41) is 10.9. The molecule has 0 aromatic carbocycles. The summed E-state index contributed by atoms with van der Waals surface area (Å²) in [7, 11) is 0. The van der Waals surface area contributed by atoms with Gasteiger partial charge in [0.1, 0.15) is 11.4 Å². The number of amides is 1. The number of aromatic nitrogens is 3. The first-order valence-corrected chi connectivity index (χ1v) is 7.64. The van der Waals surface area contributed by atoms with Gasteiger partial charge >= 0.3 is 0 Å². The zero-order valence-electron chi connectivity index (χ0n) is 11.4. The summed E-state index contributed by atoms with van der Waals surface area (Å²) in [6, 6.07) is 0. The lowest BCUT2D eigenvalue weighted by Gasteiger charge is -2.31. The summed E-state index contributed by atoms with van der Waals surface area (Å²) in [6.45, 7) is 4.74. The fourth-order valence-corrected chi connectivity index (χ4v) is 3.31. The monoisotopic (exact) mass is 283 g/mol. The van der Waals surface area contributed by atoms with E-state index in [9.17, 15) is 4.79 Å². The molecule has 0 bridgehead atoms. The lowest BCUT2D eigenvalue weighted by molar-refractivity contribution is -0.124. The van der Waals surface area contributed by atoms with Crippen LogP contribution in [0.1, 0.15) is 32.0 Å². The van der Waals surface area contributed by atoms with Crippen LogP contribution in [0.2, 0.25) is 0 Å². The lowest BCUT2D eigenvalue weighted by Crippen LogP contribution is -2.59. The maximum atomic E-state index is 11.9. The second-order valence-corrected chi connectivity index (χ2v) is 5.97. The number of H-pyrrole nitrogens is 1. The molecule has 4 N–H and O–H groups in total. The molecule has 1 aromatic rings. The number of aromatic amines is 1. The number of hydrogen-bond acceptors (Lipinski definition) is 5. The van der Waals surface area contributed by atoms with Crippen LogP contribution in [-0.2, 0) is 4.79 Å². The van der Waals surface area contributed by atoms with Crippen molar-refractivity contribution < 1.29 is 4.79 Å². The maximum absolute atomic E-state index is 11.9. The van der Waals surface area contributed by atoms with Crippen molar-refractivity contribution in [1.82, 2.24) is 20.5 Å². The van der Waals surface area contributed by atoms with Gasteiger partial charge in [-0.05, 0) is 38.6 Å². The number of nitrogens with one attached hydrogen (secondary N) is 2. The Balaban J connectivity index is 2.05. The molecule has 2 rings (SSSR count). The highest BCUT2D eigenvalue weighted by Gasteiger charge is 2.49. The molecule has 1 aliphatic carbocycles. The summed E-state index contributed by atoms with van der Waals surface area (Å²) in [4.78, 5) is 16.2. The molecule has 0 radical (unpaired) electrons. The van der Waals surface area contributed by atoms with Gasteiger partial charge in [-0.2, -0.15) is 0 Å². The van der Waals surface area contributed by atoms with E-state index in [2.05, 4.69) is 27.4 Å². The van der Waals surface area contributed by atoms with Crippen LogP contribution in [0.25, 0.3) is 0 Å². The van der Waals surface area contributed by atoms with E-state index >= 15 is 0 Å². The minimum absolute atomic E-state index is 0.261. The maximum Gasteiger partial charge on any atom is 0.238 e. The molecule has 1 saturated carbocycles. The summed E-state index contributed by atoms with van der Waals surface area (Å²) in [5.41, 5.74) is 5.04. The lowest BCUT2D eigenvalue weighted by atomic mass is 9.94. The molecule has 0 spiro atoms. The van der Waals surface area contributed by atoms with Crippen LogP contribution in [0, 0.1) is 12.8 Å². The molecular weight excluding hydrogens is 262 g/mol. The van der Waals surface area contributed by atoms with Crippen molar-refractivity contribution in [3.63, 3.8) is 0 Å². The molecule has 1 aliphatic rings. The van der Waals surface area contributed by atoms with Gasteiger partial charge in [-0.15, -0.1) is 5.10 Å². The van der Waals surface area contributed by atoms with E-state index in [0.29, 0.717) is 16.8 Å². The van der Waals surface area contributed by atoms with Crippen molar-refractivity contribution in [2.24, 2.45) is 11.7 Å². The molecule has 1 heterocycles. The Morgan fingerprint density at radius 1 is 1.63 bits per heavy atom. The van der Waals surface area contributed by atoms with Gasteiger partial charge in [-0.25, -0.2) is 4.98 Å². The zero-order valence-corrected chi connectivity index (χ0v) is 12.2. The van der Waals surface area contributed by atoms with Crippen LogP contribution in [0.5, 0.6) is 0 Å². The van der Waals surface area contributed by atoms with Crippen LogP contribution in [-0.4, -0.2) is 38.9 Å². The Kier molecular flexibility index (Phi) is 4.46. The molecule has 106 valence electrons. The van der Waals surface area contributed by atoms with Crippen LogP contribution in [0.3, 0.4) is 0 Å². The van der Waals surface area contributed by atoms with Crippen molar-refractivity contribution in [3.05, 3.63) is 5.82 Å². The van der Waals surface area contributed by atoms with Gasteiger partial charge in [0.05, 0.1) is 0 Å². The molecule has 1 amide bonds. The standard InChI is InChI=1S/C12H21N5OS/c1-3-6-14-12(10(13)18,9-4-5-9)7-19-11-15-8(2)16-17-11/h9,14H,3-7H2,1-2H3,(H2,13,18)(H,15,16,17). The molecule has 1 fully saturated rings. The van der Waals surface area contributed by atoms with E-state index in [4.69, 9.17) is 5.73 Å². The number of carbonyl (C=O) groups excluding carboxylic acids is 1. The highest BCUT2D eigenvalue weighted by Crippen LogP contribution is 2.42. The van der Waals surface area contributed by atoms with Crippen LogP contribution in [0.15, 0.2) is 5.16 Å². The highest BCUT2D eigenvalue weighted by molar-refractivity contribution is 7.99. The topological polar surface area (TPSA) is 96.7 Å². The Labute approximate surface area is 117 Å². The van der Waals surface area contributed by atoms with Gasteiger partial charge in [-0.1, -0.05) is 18.7 Å². The van der Waals surface area contributed by atoms with Crippen molar-refractivity contribution in [2.75, 3.05) is 12.3 Å². The number of aryl methyl sites for hydroxylation is 1. The minimum Gasteiger partial charge on any atom is -0.368 e. The summed E-state index contributed by atoms with van der Waals surface area (Å²) >= 11 is 1.48. The van der Waals surface area contributed by atoms with Crippen molar-refractivity contribution >= 4 is 17.7 Å². The third kappa shape index (κ3) is 3.27. The molecule has 6 nitrogen and oxygen atoms in total. The predicted octanol–water partition coefficient (Wildman–Crippen LogP) is 0.839. The van der Waals surface area contributed by atoms with Gasteiger partial charge < -0.3 is 11.1 Å². The molecule has 0 aliphatic heterocycles. The Morgan fingerprint density at radius 3 is 2.84 bits per heavy atom. The van der Waals surface area contributed by atoms with E-state index in [1.165, 1.54) is 11.8 Å². The van der Waals surface area contributed by atoms with Gasteiger partial charge in [0.25, 0.3) is 0 Å². The molecule has 19 heavy (non-hydrogen) atoms. The quantitative estimate of drug-likeness (QED) is 0.614. The van der Waals surface area contributed by atoms with Crippen LogP contribution < -0.4 is 11.1 Å². The van der Waals surface area contributed by atoms with E-state index in [1.54, 1.807) is 0 Å². The molecule has 1 aromatic heterocycles. The number of primary amides is 1. The number of carbonyl (C=O) groups is 1. The van der Waals surface area contributed by atoms with E-state index in [0.717, 1.165) is 31.6 Å². The van der Waals surface area contributed by atoms with E-state index in [-0.39, 0.29) is 5.91 Å². The van der Waals surface area contributed by atoms with Gasteiger partial charge in [0.15, 0.2) is 0 Å². The Morgan fingerprint density at radius 2 is 2.37 bits per heavy atom. The zero-order chi connectivity index (χ0) is 13.9. The SMILES string of the molecule is CCCNC(CSc1n[nH]c(C)n1)(C(N)=O)C1CC1. The molecule has 7 heteroatoms. The Hall–Kier alpha value is -1.08. The van der Waals surface area contributed by atoms with Crippen molar-refractivity contribution in [2.45, 2.75) is 43.8 Å². The first-order chi connectivity index (χ1) is 9.08. The third-order valence-electron chi connectivity index (χ3n) is 3.41. The first-order valence-electron chi connectivity index (χ1n) is 6.65. The number of nitrogens with two attached hydrogens (primary N) is 1. The first kappa shape index (κ1) is 14.3. The average Bonchev–Trinajstić information content (AvgIpc) is 3.13. The van der Waals surface area contributed by atoms with E-state index in [1.807, 2.05) is 6.92 Å². The smallest absolute Gasteiger partial charge is 0.238 e. The normalized spacial score (nSPS) is 18.2. The Bertz CT molecular complexity index is 445. The third-order valence-corrected chi connectivity index (χ3v) is 4.45. The number of thioether (sulfide) groups is 1. The molecule has 1 unspecified atom stereocenters. The van der Waals surface area contributed by atoms with Gasteiger partial charge in [-0.3, -0.25) is 9.89 Å². The number of nitrogens with zero attached hydrogens (tertiary/aromatic N) is 2. The van der Waals surface area contributed by atoms with Gasteiger partial charge in [0.2, 0.25) is 11.1 Å². The summed E-state index contributed by atoms with van der Waals surface area (Å²) in [5.74, 6) is 1.46. The fraction of sp³-hybridized carbons (Fsp3) is 0.750. The molecule has 1 atom stereocenters. The second kappa shape index (κ2) is 5.92. The van der Waals surface area contributed by atoms with Crippen LogP contribution in [0.4, 0.5) is 0 Å². The second-order valence-electron chi connectivity index (χ2n) is 5.03. The fourth-order valence-electron chi connectivity index (χ4n) is 2.16. The van der Waals surface area contributed by atoms with Gasteiger partial charge in [0, 0.05) is 5.75 Å². The average molecular weight is 283 g/mol. The molecular formula is C12H21N5OS. The minimum atomic E-state index is -0.616. The van der Waals surface area contributed by atoms with Crippen LogP contribution >= 0.6 is 11.8 Å². The summed E-state index contributed by atoms with van der Waals surface area (Å²) in [6.07, 6.45) is 3.10. The summed E-state index contributed by atoms with van der Waals surface area (Å²) < 4.78 is 0. The highest BCUT2D eigenvalue weighted by atomic mass is 32.2. The van der Waals surface area contributed by atoms with Crippen molar-refractivity contribution in [3.8, 4) is 0 Å². The largest absolute Gasteiger partial charge is 0.368 e. The van der Waals surface area contributed by atoms with Crippen molar-refractivity contribution in [1.29, 1.82) is 0 Å². The number of hydrogen-bond donors (Lipinski definition) is 3. The number of rotatable bonds is 8. The van der Waals surface area contributed by atoms with E-state index < -0.39 is 5.54 Å². The predicted molar refractivity (Wildman–Crippen MR) is 74.8 cm³/mol.